The molecule has 3 rings (SSSR count). The first kappa shape index (κ1) is 17.9. The zero-order valence-electron chi connectivity index (χ0n) is 14.4. The van der Waals surface area contributed by atoms with Gasteiger partial charge in [0.1, 0.15) is 0 Å². The molecule has 136 valence electrons. The van der Waals surface area contributed by atoms with Crippen molar-refractivity contribution < 1.29 is 14.7 Å². The lowest BCUT2D eigenvalue weighted by Gasteiger charge is -2.17. The monoisotopic (exact) mass is 353 g/mol. The highest BCUT2D eigenvalue weighted by molar-refractivity contribution is 5.97. The van der Waals surface area contributed by atoms with Crippen LogP contribution in [0.5, 0.6) is 0 Å². The molecular formula is C20H23N3O3. The van der Waals surface area contributed by atoms with E-state index in [4.69, 9.17) is 0 Å². The van der Waals surface area contributed by atoms with Crippen LogP contribution in [0.25, 0.3) is 0 Å². The molecule has 0 aromatic heterocycles. The Morgan fingerprint density at radius 1 is 1.08 bits per heavy atom. The van der Waals surface area contributed by atoms with Crippen LogP contribution in [0.2, 0.25) is 0 Å². The molecule has 0 aliphatic heterocycles. The van der Waals surface area contributed by atoms with Crippen LogP contribution in [-0.2, 0) is 6.42 Å². The smallest absolute Gasteiger partial charge is 0.319 e. The van der Waals surface area contributed by atoms with E-state index in [9.17, 15) is 14.7 Å². The minimum absolute atomic E-state index is 0.131. The third-order valence-electron chi connectivity index (χ3n) is 4.18. The van der Waals surface area contributed by atoms with Crippen LogP contribution in [0.1, 0.15) is 28.8 Å². The molecule has 6 heteroatoms. The summed E-state index contributed by atoms with van der Waals surface area (Å²) < 4.78 is 0. The number of aliphatic hydroxyl groups is 1. The van der Waals surface area contributed by atoms with E-state index in [2.05, 4.69) is 16.0 Å². The molecule has 1 atom stereocenters. The maximum Gasteiger partial charge on any atom is 0.319 e. The lowest BCUT2D eigenvalue weighted by molar-refractivity contribution is 0.0951. The molecule has 1 fully saturated rings. The standard InChI is InChI=1S/C20H23N3O3/c24-13-18(11-14-5-2-1-3-6-14)23-20(26)22-17-8-4-7-15(12-17)19(25)21-16-9-10-16/h1-8,12,16,18,24H,9-11,13H2,(H,21,25)(H2,22,23,26). The lowest BCUT2D eigenvalue weighted by atomic mass is 10.1. The van der Waals surface area contributed by atoms with Crippen LogP contribution in [0.15, 0.2) is 54.6 Å². The third-order valence-corrected chi connectivity index (χ3v) is 4.18. The summed E-state index contributed by atoms with van der Waals surface area (Å²) in [5.41, 5.74) is 2.07. The van der Waals surface area contributed by atoms with Crippen molar-refractivity contribution in [3.05, 3.63) is 65.7 Å². The summed E-state index contributed by atoms with van der Waals surface area (Å²) in [5, 5.41) is 17.9. The molecule has 0 saturated heterocycles. The molecule has 26 heavy (non-hydrogen) atoms. The summed E-state index contributed by atoms with van der Waals surface area (Å²) in [6, 6.07) is 15.9. The Morgan fingerprint density at radius 2 is 1.85 bits per heavy atom. The average molecular weight is 353 g/mol. The fourth-order valence-corrected chi connectivity index (χ4v) is 2.65. The topological polar surface area (TPSA) is 90.5 Å². The van der Waals surface area contributed by atoms with Gasteiger partial charge in [-0.15, -0.1) is 0 Å². The molecule has 0 spiro atoms. The van der Waals surface area contributed by atoms with Gasteiger partial charge in [-0.05, 0) is 43.0 Å². The molecule has 0 bridgehead atoms. The number of aliphatic hydroxyl groups excluding tert-OH is 1. The summed E-state index contributed by atoms with van der Waals surface area (Å²) in [6.45, 7) is -0.161. The second-order valence-electron chi connectivity index (χ2n) is 6.50. The molecule has 0 heterocycles. The van der Waals surface area contributed by atoms with Gasteiger partial charge >= 0.3 is 6.03 Å². The van der Waals surface area contributed by atoms with E-state index >= 15 is 0 Å². The second kappa shape index (κ2) is 8.49. The highest BCUT2D eigenvalue weighted by atomic mass is 16.3. The fraction of sp³-hybridized carbons (Fsp3) is 0.300. The molecule has 6 nitrogen and oxygen atoms in total. The van der Waals surface area contributed by atoms with Crippen molar-refractivity contribution in [3.63, 3.8) is 0 Å². The van der Waals surface area contributed by atoms with Gasteiger partial charge in [-0.1, -0.05) is 36.4 Å². The predicted molar refractivity (Wildman–Crippen MR) is 100 cm³/mol. The van der Waals surface area contributed by atoms with E-state index in [0.717, 1.165) is 18.4 Å². The Kier molecular flexibility index (Phi) is 5.86. The minimum atomic E-state index is -0.417. The quantitative estimate of drug-likeness (QED) is 0.616. The summed E-state index contributed by atoms with van der Waals surface area (Å²) in [7, 11) is 0. The maximum absolute atomic E-state index is 12.2. The van der Waals surface area contributed by atoms with Crippen LogP contribution in [0.4, 0.5) is 10.5 Å². The van der Waals surface area contributed by atoms with Gasteiger partial charge in [0.25, 0.3) is 5.91 Å². The van der Waals surface area contributed by atoms with Crippen LogP contribution in [-0.4, -0.2) is 35.7 Å². The van der Waals surface area contributed by atoms with Gasteiger partial charge in [-0.2, -0.15) is 0 Å². The molecule has 2 aromatic rings. The Morgan fingerprint density at radius 3 is 2.54 bits per heavy atom. The van der Waals surface area contributed by atoms with Crippen LogP contribution >= 0.6 is 0 Å². The number of carbonyl (C=O) groups is 2. The predicted octanol–water partition coefficient (Wildman–Crippen LogP) is 2.30. The summed E-state index contributed by atoms with van der Waals surface area (Å²) in [6.07, 6.45) is 2.58. The highest BCUT2D eigenvalue weighted by Crippen LogP contribution is 2.20. The Labute approximate surface area is 152 Å². The largest absolute Gasteiger partial charge is 0.394 e. The normalized spacial score (nSPS) is 14.3. The van der Waals surface area contributed by atoms with Crippen molar-refractivity contribution in [2.75, 3.05) is 11.9 Å². The zero-order chi connectivity index (χ0) is 18.4. The Balaban J connectivity index is 1.55. The van der Waals surface area contributed by atoms with Gasteiger partial charge in [-0.25, -0.2) is 4.79 Å². The lowest BCUT2D eigenvalue weighted by Crippen LogP contribution is -2.41. The van der Waals surface area contributed by atoms with Crippen molar-refractivity contribution in [2.45, 2.75) is 31.3 Å². The van der Waals surface area contributed by atoms with Gasteiger partial charge < -0.3 is 21.1 Å². The number of anilines is 1. The van der Waals surface area contributed by atoms with E-state index in [1.807, 2.05) is 30.3 Å². The van der Waals surface area contributed by atoms with Crippen LogP contribution < -0.4 is 16.0 Å². The first-order valence-corrected chi connectivity index (χ1v) is 8.77. The van der Waals surface area contributed by atoms with Gasteiger partial charge in [0.15, 0.2) is 0 Å². The second-order valence-corrected chi connectivity index (χ2v) is 6.50. The van der Waals surface area contributed by atoms with Gasteiger partial charge in [0.2, 0.25) is 0 Å². The van der Waals surface area contributed by atoms with Gasteiger partial charge in [0, 0.05) is 17.3 Å². The number of hydrogen-bond donors (Lipinski definition) is 4. The van der Waals surface area contributed by atoms with E-state index in [-0.39, 0.29) is 18.6 Å². The van der Waals surface area contributed by atoms with Gasteiger partial charge in [-0.3, -0.25) is 4.79 Å². The number of nitrogens with one attached hydrogen (secondary N) is 3. The molecular weight excluding hydrogens is 330 g/mol. The van der Waals surface area contributed by atoms with Gasteiger partial charge in [0.05, 0.1) is 12.6 Å². The zero-order valence-corrected chi connectivity index (χ0v) is 14.4. The van der Waals surface area contributed by atoms with E-state index in [1.54, 1.807) is 24.3 Å². The van der Waals surface area contributed by atoms with Crippen molar-refractivity contribution in [2.24, 2.45) is 0 Å². The first-order valence-electron chi connectivity index (χ1n) is 8.77. The first-order chi connectivity index (χ1) is 12.6. The number of rotatable bonds is 7. The number of hydrogen-bond acceptors (Lipinski definition) is 3. The number of benzene rings is 2. The summed E-state index contributed by atoms with van der Waals surface area (Å²) in [4.78, 5) is 24.3. The molecule has 3 amide bonds. The van der Waals surface area contributed by atoms with Crippen LogP contribution in [0.3, 0.4) is 0 Å². The average Bonchev–Trinajstić information content (AvgIpc) is 3.46. The number of amides is 3. The minimum Gasteiger partial charge on any atom is -0.394 e. The van der Waals surface area contributed by atoms with Crippen molar-refractivity contribution >= 4 is 17.6 Å². The fourth-order valence-electron chi connectivity index (χ4n) is 2.65. The van der Waals surface area contributed by atoms with Crippen molar-refractivity contribution in [3.8, 4) is 0 Å². The molecule has 1 saturated carbocycles. The molecule has 1 aliphatic rings. The Hall–Kier alpha value is -2.86. The van der Waals surface area contributed by atoms with Crippen LogP contribution in [0, 0.1) is 0 Å². The van der Waals surface area contributed by atoms with Crippen molar-refractivity contribution in [1.82, 2.24) is 10.6 Å². The SMILES string of the molecule is O=C(Nc1cccc(C(=O)NC2CC2)c1)NC(CO)Cc1ccccc1. The molecule has 0 radical (unpaired) electrons. The molecule has 2 aromatic carbocycles. The summed E-state index contributed by atoms with van der Waals surface area (Å²) in [5.74, 6) is -0.131. The van der Waals surface area contributed by atoms with Crippen molar-refractivity contribution in [1.29, 1.82) is 0 Å². The Bertz CT molecular complexity index is 760. The maximum atomic E-state index is 12.2. The molecule has 1 aliphatic carbocycles. The molecule has 1 unspecified atom stereocenters. The third kappa shape index (κ3) is 5.32. The number of carbonyl (C=O) groups excluding carboxylic acids is 2. The van der Waals surface area contributed by atoms with E-state index < -0.39 is 12.1 Å². The number of urea groups is 1. The summed E-state index contributed by atoms with van der Waals surface area (Å²) >= 11 is 0. The van der Waals surface area contributed by atoms with E-state index in [1.165, 1.54) is 0 Å². The molecule has 4 N–H and O–H groups in total. The van der Waals surface area contributed by atoms with E-state index in [0.29, 0.717) is 17.7 Å². The highest BCUT2D eigenvalue weighted by Gasteiger charge is 2.23.